The van der Waals surface area contributed by atoms with E-state index in [1.54, 1.807) is 21.0 Å². The molecule has 0 spiro atoms. The van der Waals surface area contributed by atoms with E-state index in [1.807, 2.05) is 0 Å². The highest BCUT2D eigenvalue weighted by Crippen LogP contribution is 2.35. The zero-order valence-electron chi connectivity index (χ0n) is 26.5. The van der Waals surface area contributed by atoms with E-state index in [1.165, 1.54) is 100 Å². The van der Waals surface area contributed by atoms with Crippen LogP contribution >= 0.6 is 8.07 Å². The number of hydrogen-bond donors (Lipinski definition) is 1. The van der Waals surface area contributed by atoms with Crippen LogP contribution in [0.25, 0.3) is 0 Å². The van der Waals surface area contributed by atoms with Gasteiger partial charge >= 0.3 is 0 Å². The highest BCUT2D eigenvalue weighted by molar-refractivity contribution is 7.71. The molecule has 1 N–H and O–H groups in total. The monoisotopic (exact) mass is 581 g/mol. The molecule has 0 radical (unpaired) electrons. The predicted molar refractivity (Wildman–Crippen MR) is 186 cm³/mol. The second-order valence-corrected chi connectivity index (χ2v) is 23.8. The van der Waals surface area contributed by atoms with E-state index in [4.69, 9.17) is 0 Å². The van der Waals surface area contributed by atoms with E-state index in [9.17, 15) is 0 Å². The summed E-state index contributed by atoms with van der Waals surface area (Å²) in [5, 5.41) is 11.0. The van der Waals surface area contributed by atoms with E-state index < -0.39 is 24.2 Å². The molecule has 3 rings (SSSR count). The summed E-state index contributed by atoms with van der Waals surface area (Å²) in [5.74, 6) is 0. The highest BCUT2D eigenvalue weighted by atomic mass is 31.1. The molecule has 1 nitrogen and oxygen atoms in total. The third kappa shape index (κ3) is 8.40. The lowest BCUT2D eigenvalue weighted by Crippen LogP contribution is -2.49. The minimum absolute atomic E-state index is 0.550. The summed E-state index contributed by atoms with van der Waals surface area (Å²) >= 11 is 0. The Bertz CT molecular complexity index is 867. The van der Waals surface area contributed by atoms with Crippen molar-refractivity contribution in [3.05, 3.63) is 48.5 Å². The van der Waals surface area contributed by atoms with Gasteiger partial charge in [0.25, 0.3) is 0 Å². The maximum Gasteiger partial charge on any atom is 0.0867 e. The van der Waals surface area contributed by atoms with Gasteiger partial charge in [0, 0.05) is 14.1 Å². The van der Waals surface area contributed by atoms with Crippen molar-refractivity contribution in [3.8, 4) is 0 Å². The molecule has 0 aromatic heterocycles. The second kappa shape index (κ2) is 16.6. The Balaban J connectivity index is 2.11. The average molecular weight is 582 g/mol. The predicted octanol–water partition coefficient (Wildman–Crippen LogP) is 9.34. The molecule has 0 unspecified atom stereocenters. The van der Waals surface area contributed by atoms with Crippen molar-refractivity contribution in [2.45, 2.75) is 148 Å². The molecule has 1 saturated carbocycles. The first-order chi connectivity index (χ1) is 19.0. The Morgan fingerprint density at radius 3 is 1.28 bits per heavy atom. The van der Waals surface area contributed by atoms with Gasteiger partial charge < -0.3 is 0 Å². The highest BCUT2D eigenvalue weighted by Gasteiger charge is 2.35. The third-order valence-corrected chi connectivity index (χ3v) is 23.5. The number of nitrogens with one attached hydrogen (secondary N) is 1. The minimum atomic E-state index is -1.48. The van der Waals surface area contributed by atoms with Gasteiger partial charge in [-0.05, 0) is 23.5 Å². The SMILES string of the molecule is CCC[Si](CCC)(CCC)c1cccc(P(NC2CCCC2)c2cccc([Si](CCC)(CCC)CCC)c2)c1. The molecule has 0 atom stereocenters. The van der Waals surface area contributed by atoms with E-state index in [-0.39, 0.29) is 0 Å². The molecule has 0 saturated heterocycles. The molecule has 39 heavy (non-hydrogen) atoms. The quantitative estimate of drug-likeness (QED) is 0.137. The van der Waals surface area contributed by atoms with Crippen LogP contribution in [-0.4, -0.2) is 22.2 Å². The van der Waals surface area contributed by atoms with Crippen LogP contribution in [0.3, 0.4) is 0 Å². The standard InChI is InChI=1S/C35H60NPSi2/c1-7-23-38(24-8-2,25-9-3)34-21-15-19-32(29-34)37(36-31-17-13-14-18-31)33-20-16-22-35(30-33)39(26-10-4,27-11-5)28-12-6/h15-16,19-22,29-31,36H,7-14,17-18,23-28H2,1-6H3. The van der Waals surface area contributed by atoms with E-state index >= 15 is 0 Å². The van der Waals surface area contributed by atoms with Crippen LogP contribution in [0.2, 0.25) is 36.3 Å². The second-order valence-electron chi connectivity index (χ2n) is 12.6. The fourth-order valence-corrected chi connectivity index (χ4v) is 21.2. The Hall–Kier alpha value is -0.736. The summed E-state index contributed by atoms with van der Waals surface area (Å²) in [4.78, 5) is 0. The third-order valence-electron chi connectivity index (χ3n) is 9.47. The molecule has 2 aromatic rings. The van der Waals surface area contributed by atoms with Crippen molar-refractivity contribution in [3.63, 3.8) is 0 Å². The van der Waals surface area contributed by atoms with Crippen molar-refractivity contribution in [2.24, 2.45) is 0 Å². The maximum atomic E-state index is 4.29. The fraction of sp³-hybridized carbons (Fsp3) is 0.657. The molecule has 0 bridgehead atoms. The maximum absolute atomic E-state index is 4.29. The smallest absolute Gasteiger partial charge is 0.0867 e. The molecule has 0 aliphatic heterocycles. The summed E-state index contributed by atoms with van der Waals surface area (Å²) in [6.45, 7) is 14.5. The van der Waals surface area contributed by atoms with Crippen molar-refractivity contribution >= 4 is 45.2 Å². The van der Waals surface area contributed by atoms with Crippen LogP contribution in [0, 0.1) is 0 Å². The normalized spacial score (nSPS) is 14.9. The van der Waals surface area contributed by atoms with Gasteiger partial charge in [-0.2, -0.15) is 0 Å². The van der Waals surface area contributed by atoms with E-state index in [2.05, 4.69) is 95.2 Å². The number of rotatable bonds is 18. The van der Waals surface area contributed by atoms with E-state index in [0.29, 0.717) is 6.04 Å². The lowest BCUT2D eigenvalue weighted by Gasteiger charge is -2.34. The molecule has 218 valence electrons. The van der Waals surface area contributed by atoms with Crippen molar-refractivity contribution in [1.29, 1.82) is 0 Å². The fourth-order valence-electron chi connectivity index (χ4n) is 7.97. The van der Waals surface area contributed by atoms with Gasteiger partial charge in [0.1, 0.15) is 0 Å². The van der Waals surface area contributed by atoms with Crippen LogP contribution in [0.4, 0.5) is 0 Å². The van der Waals surface area contributed by atoms with Gasteiger partial charge in [-0.3, -0.25) is 5.09 Å². The van der Waals surface area contributed by atoms with Gasteiger partial charge in [-0.1, -0.05) is 188 Å². The Morgan fingerprint density at radius 2 is 0.949 bits per heavy atom. The van der Waals surface area contributed by atoms with E-state index in [0.717, 1.165) is 0 Å². The Labute approximate surface area is 246 Å². The van der Waals surface area contributed by atoms with Crippen molar-refractivity contribution in [1.82, 2.24) is 5.09 Å². The van der Waals surface area contributed by atoms with Crippen LogP contribution in [0.1, 0.15) is 106 Å². The summed E-state index contributed by atoms with van der Waals surface area (Å²) in [6, 6.07) is 29.6. The molecule has 1 fully saturated rings. The molecule has 4 heteroatoms. The zero-order valence-corrected chi connectivity index (χ0v) is 29.4. The topological polar surface area (TPSA) is 12.0 Å². The lowest BCUT2D eigenvalue weighted by molar-refractivity contribution is 0.653. The molecule has 0 amide bonds. The Kier molecular flexibility index (Phi) is 14.0. The molecule has 1 aliphatic rings. The van der Waals surface area contributed by atoms with Crippen LogP contribution in [-0.2, 0) is 0 Å². The van der Waals surface area contributed by atoms with Crippen LogP contribution in [0.5, 0.6) is 0 Å². The summed E-state index contributed by atoms with van der Waals surface area (Å²) in [5.41, 5.74) is 0. The van der Waals surface area contributed by atoms with Crippen molar-refractivity contribution < 1.29 is 0 Å². The molecule has 0 heterocycles. The van der Waals surface area contributed by atoms with Crippen LogP contribution in [0.15, 0.2) is 48.5 Å². The molecule has 2 aromatic carbocycles. The first-order valence-electron chi connectivity index (χ1n) is 16.8. The summed E-state index contributed by atoms with van der Waals surface area (Å²) in [6.07, 6.45) is 13.4. The van der Waals surface area contributed by atoms with Crippen molar-refractivity contribution in [2.75, 3.05) is 0 Å². The summed E-state index contributed by atoms with van der Waals surface area (Å²) < 4.78 is 0. The molecular weight excluding hydrogens is 522 g/mol. The van der Waals surface area contributed by atoms with Gasteiger partial charge in [0.15, 0.2) is 0 Å². The average Bonchev–Trinajstić information content (AvgIpc) is 3.46. The minimum Gasteiger partial charge on any atom is -0.285 e. The Morgan fingerprint density at radius 1 is 0.590 bits per heavy atom. The van der Waals surface area contributed by atoms with Gasteiger partial charge in [-0.15, -0.1) is 0 Å². The lowest BCUT2D eigenvalue weighted by atomic mass is 10.3. The first kappa shape index (κ1) is 32.8. The molecule has 1 aliphatic carbocycles. The van der Waals surface area contributed by atoms with Gasteiger partial charge in [0.05, 0.1) is 16.1 Å². The first-order valence-corrected chi connectivity index (χ1v) is 23.4. The number of benzene rings is 2. The molecular formula is C35H60NPSi2. The summed E-state index contributed by atoms with van der Waals surface area (Å²) in [7, 11) is -3.50. The number of hydrogen-bond acceptors (Lipinski definition) is 1. The zero-order chi connectivity index (χ0) is 28.1. The van der Waals surface area contributed by atoms with Gasteiger partial charge in [-0.25, -0.2) is 0 Å². The van der Waals surface area contributed by atoms with Crippen LogP contribution < -0.4 is 26.1 Å². The largest absolute Gasteiger partial charge is 0.285 e. The van der Waals surface area contributed by atoms with Gasteiger partial charge in [0.2, 0.25) is 0 Å².